The third-order valence-electron chi connectivity index (χ3n) is 5.38. The molecule has 0 radical (unpaired) electrons. The second kappa shape index (κ2) is 7.67. The van der Waals surface area contributed by atoms with Crippen LogP contribution >= 0.6 is 0 Å². The number of rotatable bonds is 3. The van der Waals surface area contributed by atoms with E-state index >= 15 is 0 Å². The van der Waals surface area contributed by atoms with Crippen molar-refractivity contribution in [2.75, 3.05) is 38.5 Å². The van der Waals surface area contributed by atoms with Gasteiger partial charge in [0.15, 0.2) is 5.69 Å². The van der Waals surface area contributed by atoms with Crippen LogP contribution in [0.5, 0.6) is 0 Å². The Morgan fingerprint density at radius 1 is 1.03 bits per heavy atom. The lowest BCUT2D eigenvalue weighted by Gasteiger charge is -2.31. The van der Waals surface area contributed by atoms with E-state index in [-0.39, 0.29) is 23.3 Å². The zero-order valence-electron chi connectivity index (χ0n) is 17.0. The number of carbonyl (C=O) groups is 2. The summed E-state index contributed by atoms with van der Waals surface area (Å²) in [6.07, 6.45) is 1.78. The molecule has 0 unspecified atom stereocenters. The molecule has 3 heterocycles. The first-order valence-electron chi connectivity index (χ1n) is 9.77. The molecule has 0 bridgehead atoms. The summed E-state index contributed by atoms with van der Waals surface area (Å²) >= 11 is 0. The molecule has 150 valence electrons. The van der Waals surface area contributed by atoms with Crippen LogP contribution in [0.4, 0.5) is 5.69 Å². The maximum Gasteiger partial charge on any atom is 0.290 e. The molecule has 0 spiro atoms. The number of hydrogen-bond acceptors (Lipinski definition) is 4. The zero-order chi connectivity index (χ0) is 20.5. The molecule has 2 aromatic heterocycles. The van der Waals surface area contributed by atoms with Crippen molar-refractivity contribution in [1.82, 2.24) is 19.2 Å². The van der Waals surface area contributed by atoms with Crippen LogP contribution in [0, 0.1) is 13.8 Å². The standard InChI is InChI=1S/C22H25N5O2/c1-15-7-8-17(16(2)14-15)23-21(28)19-18-6-4-5-9-27(18)20(24-19)22(29)26-12-10-25(3)11-13-26/h4-9,14H,10-13H2,1-3H3,(H,23,28). The lowest BCUT2D eigenvalue weighted by atomic mass is 10.1. The summed E-state index contributed by atoms with van der Waals surface area (Å²) in [5, 5.41) is 2.94. The normalized spacial score (nSPS) is 14.9. The quantitative estimate of drug-likeness (QED) is 0.745. The molecule has 1 saturated heterocycles. The topological polar surface area (TPSA) is 70.0 Å². The van der Waals surface area contributed by atoms with Crippen molar-refractivity contribution in [3.05, 3.63) is 65.2 Å². The van der Waals surface area contributed by atoms with E-state index in [0.29, 0.717) is 18.6 Å². The highest BCUT2D eigenvalue weighted by atomic mass is 16.2. The minimum atomic E-state index is -0.321. The van der Waals surface area contributed by atoms with E-state index in [1.54, 1.807) is 15.5 Å². The highest BCUT2D eigenvalue weighted by Crippen LogP contribution is 2.20. The van der Waals surface area contributed by atoms with Crippen molar-refractivity contribution in [2.45, 2.75) is 13.8 Å². The molecule has 0 atom stereocenters. The molecule has 4 rings (SSSR count). The predicted octanol–water partition coefficient (Wildman–Crippen LogP) is 2.59. The molecular weight excluding hydrogens is 366 g/mol. The molecule has 7 nitrogen and oxygen atoms in total. The largest absolute Gasteiger partial charge is 0.333 e. The molecule has 29 heavy (non-hydrogen) atoms. The summed E-state index contributed by atoms with van der Waals surface area (Å²) < 4.78 is 1.71. The van der Waals surface area contributed by atoms with Crippen LogP contribution < -0.4 is 5.32 Å². The van der Waals surface area contributed by atoms with Gasteiger partial charge in [-0.3, -0.25) is 14.0 Å². The summed E-state index contributed by atoms with van der Waals surface area (Å²) in [4.78, 5) is 34.6. The maximum atomic E-state index is 13.1. The van der Waals surface area contributed by atoms with Crippen molar-refractivity contribution in [1.29, 1.82) is 0 Å². The maximum absolute atomic E-state index is 13.1. The fraction of sp³-hybridized carbons (Fsp3) is 0.318. The van der Waals surface area contributed by atoms with Crippen molar-refractivity contribution >= 4 is 23.0 Å². The predicted molar refractivity (Wildman–Crippen MR) is 112 cm³/mol. The second-order valence-corrected chi connectivity index (χ2v) is 7.61. The first-order chi connectivity index (χ1) is 13.9. The van der Waals surface area contributed by atoms with Crippen LogP contribution in [0.2, 0.25) is 0 Å². The SMILES string of the molecule is Cc1ccc(NC(=O)c2nc(C(=O)N3CCN(C)CC3)n3ccccc23)c(C)c1. The van der Waals surface area contributed by atoms with Gasteiger partial charge in [0, 0.05) is 38.1 Å². The Bertz CT molecular complexity index is 1080. The van der Waals surface area contributed by atoms with Crippen molar-refractivity contribution < 1.29 is 9.59 Å². The zero-order valence-corrected chi connectivity index (χ0v) is 17.0. The van der Waals surface area contributed by atoms with Gasteiger partial charge in [0.25, 0.3) is 11.8 Å². The monoisotopic (exact) mass is 391 g/mol. The van der Waals surface area contributed by atoms with Crippen molar-refractivity contribution in [2.24, 2.45) is 0 Å². The van der Waals surface area contributed by atoms with Gasteiger partial charge < -0.3 is 15.1 Å². The molecule has 0 saturated carbocycles. The van der Waals surface area contributed by atoms with Crippen LogP contribution in [0.3, 0.4) is 0 Å². The number of pyridine rings is 1. The molecular formula is C22H25N5O2. The third-order valence-corrected chi connectivity index (χ3v) is 5.38. The number of nitrogens with zero attached hydrogens (tertiary/aromatic N) is 4. The Hall–Kier alpha value is -3.19. The molecule has 1 aliphatic rings. The number of amides is 2. The molecule has 2 amide bonds. The molecule has 1 fully saturated rings. The number of likely N-dealkylation sites (N-methyl/N-ethyl adjacent to an activating group) is 1. The van der Waals surface area contributed by atoms with E-state index in [2.05, 4.69) is 15.2 Å². The number of imidazole rings is 1. The molecule has 1 N–H and O–H groups in total. The number of fused-ring (bicyclic) bond motifs is 1. The third kappa shape index (κ3) is 3.73. The van der Waals surface area contributed by atoms with Crippen LogP contribution in [-0.4, -0.2) is 64.2 Å². The summed E-state index contributed by atoms with van der Waals surface area (Å²) in [6, 6.07) is 11.3. The Labute approximate surface area is 169 Å². The highest BCUT2D eigenvalue weighted by Gasteiger charge is 2.27. The fourth-order valence-corrected chi connectivity index (χ4v) is 3.64. The van der Waals surface area contributed by atoms with Crippen LogP contribution in [0.1, 0.15) is 32.2 Å². The van der Waals surface area contributed by atoms with E-state index in [4.69, 9.17) is 0 Å². The van der Waals surface area contributed by atoms with Gasteiger partial charge in [-0.05, 0) is 44.7 Å². The fourth-order valence-electron chi connectivity index (χ4n) is 3.64. The Morgan fingerprint density at radius 2 is 1.79 bits per heavy atom. The number of benzene rings is 1. The van der Waals surface area contributed by atoms with Gasteiger partial charge in [-0.2, -0.15) is 0 Å². The lowest BCUT2D eigenvalue weighted by Crippen LogP contribution is -2.47. The minimum absolute atomic E-state index is 0.148. The Morgan fingerprint density at radius 3 is 2.52 bits per heavy atom. The van der Waals surface area contributed by atoms with Gasteiger partial charge in [-0.1, -0.05) is 23.8 Å². The minimum Gasteiger partial charge on any atom is -0.333 e. The highest BCUT2D eigenvalue weighted by molar-refractivity contribution is 6.09. The van der Waals surface area contributed by atoms with Gasteiger partial charge >= 0.3 is 0 Å². The first-order valence-corrected chi connectivity index (χ1v) is 9.77. The van der Waals surface area contributed by atoms with E-state index in [0.717, 1.165) is 29.9 Å². The lowest BCUT2D eigenvalue weighted by molar-refractivity contribution is 0.0651. The smallest absolute Gasteiger partial charge is 0.290 e. The van der Waals surface area contributed by atoms with Gasteiger partial charge in [-0.15, -0.1) is 0 Å². The number of aromatic nitrogens is 2. The van der Waals surface area contributed by atoms with E-state index in [1.165, 1.54) is 0 Å². The van der Waals surface area contributed by atoms with E-state index in [9.17, 15) is 9.59 Å². The number of hydrogen-bond donors (Lipinski definition) is 1. The van der Waals surface area contributed by atoms with Crippen LogP contribution in [0.25, 0.3) is 5.52 Å². The summed E-state index contributed by atoms with van der Waals surface area (Å²) in [5.74, 6) is -0.195. The molecule has 3 aromatic rings. The van der Waals surface area contributed by atoms with Crippen LogP contribution in [-0.2, 0) is 0 Å². The van der Waals surface area contributed by atoms with E-state index in [1.807, 2.05) is 57.3 Å². The van der Waals surface area contributed by atoms with Gasteiger partial charge in [0.05, 0.1) is 5.52 Å². The van der Waals surface area contributed by atoms with Gasteiger partial charge in [-0.25, -0.2) is 4.98 Å². The summed E-state index contributed by atoms with van der Waals surface area (Å²) in [5.41, 5.74) is 3.73. The Balaban J connectivity index is 1.67. The second-order valence-electron chi connectivity index (χ2n) is 7.61. The molecule has 0 aliphatic carbocycles. The number of anilines is 1. The van der Waals surface area contributed by atoms with E-state index < -0.39 is 0 Å². The Kier molecular flexibility index (Phi) is 5.07. The molecule has 1 aromatic carbocycles. The number of nitrogens with one attached hydrogen (secondary N) is 1. The molecule has 1 aliphatic heterocycles. The summed E-state index contributed by atoms with van der Waals surface area (Å²) in [7, 11) is 2.04. The average Bonchev–Trinajstić information content (AvgIpc) is 3.10. The van der Waals surface area contributed by atoms with Crippen molar-refractivity contribution in [3.8, 4) is 0 Å². The van der Waals surface area contributed by atoms with Crippen LogP contribution in [0.15, 0.2) is 42.6 Å². The summed E-state index contributed by atoms with van der Waals surface area (Å²) in [6.45, 7) is 6.93. The van der Waals surface area contributed by atoms with Gasteiger partial charge in [0.2, 0.25) is 5.82 Å². The first kappa shape index (κ1) is 19.1. The number of carbonyl (C=O) groups excluding carboxylic acids is 2. The number of aryl methyl sites for hydroxylation is 2. The number of piperazine rings is 1. The average molecular weight is 391 g/mol. The van der Waals surface area contributed by atoms with Crippen molar-refractivity contribution in [3.63, 3.8) is 0 Å². The molecule has 7 heteroatoms. The van der Waals surface area contributed by atoms with Gasteiger partial charge in [0.1, 0.15) is 0 Å².